The Kier molecular flexibility index (Phi) is 23.8. The van der Waals surface area contributed by atoms with Crippen LogP contribution in [0.25, 0.3) is 100 Å². The predicted molar refractivity (Wildman–Crippen MR) is 468 cm³/mol. The number of benzene rings is 5. The van der Waals surface area contributed by atoms with Crippen LogP contribution in [-0.2, 0) is 4.74 Å². The summed E-state index contributed by atoms with van der Waals surface area (Å²) < 4.78 is 28.4. The van der Waals surface area contributed by atoms with Gasteiger partial charge in [0.2, 0.25) is 0 Å². The highest BCUT2D eigenvalue weighted by atomic mass is 35.5. The average molecular weight is 1690 g/mol. The van der Waals surface area contributed by atoms with E-state index in [-0.39, 0.29) is 11.8 Å². The molecule has 43 heteroatoms. The van der Waals surface area contributed by atoms with Gasteiger partial charge in [0.15, 0.2) is 33.9 Å². The Morgan fingerprint density at radius 1 is 0.374 bits per heavy atom. The van der Waals surface area contributed by atoms with Crippen molar-refractivity contribution >= 4 is 165 Å². The fourth-order valence-corrected chi connectivity index (χ4v) is 13.8. The number of nitrogens with one attached hydrogen (secondary N) is 3. The number of nitrogen functional groups attached to an aromatic ring is 7. The number of pyridine rings is 1. The van der Waals surface area contributed by atoms with Gasteiger partial charge in [0.1, 0.15) is 83.8 Å². The van der Waals surface area contributed by atoms with Crippen LogP contribution in [0.1, 0.15) is 19.3 Å². The molecule has 123 heavy (non-hydrogen) atoms. The van der Waals surface area contributed by atoms with E-state index in [9.17, 15) is 14.0 Å². The standard InChI is InChI=1S/C18H14FN7O.C16H17N7O2.C16H18N6.C11H10N6.C10H7ClN6.C9H7N5S/c19-11-4-6-12(7-5-11)24-18(27)25-13-2-1-3-14(8-13)26-17-15(9-23-26)16(20)21-10-22-17;17-14-13-9-20-23(15(13)19-10-18-14)12-3-1-11(2-4-12)21-16(24)22-5-7-25-8-6-22;17-15-14-10-20-22(16(14)19-11-18-15)13-6-4-5-12(9-13)21-7-2-1-3-8-21;12-7-2-1-3-8(4-7)17-11-9(5-16-17)10(13)14-6-15-11;11-8-3-6(1-2-13-8)17-10-7(4-16-17)9(12)14-5-15-10;10-8-7-3-13-14(6-1-2-15-4-6)9(7)12-5-11-8/h1-10H,(H2,20,21,22)(H2,24,25,27);1-4,9-10H,5-8H2,(H,21,24)(H2,17,18,19);4-6,9-11H,1-3,7-8H2,(H2,17,18,19);1-6H,12H2,(H2,13,14,15);1-5H,(H2,12,14,15);1-5H,(H2,10,11,12). The highest BCUT2D eigenvalue weighted by Crippen LogP contribution is 2.30. The highest BCUT2D eigenvalue weighted by Gasteiger charge is 2.21. The lowest BCUT2D eigenvalue weighted by molar-refractivity contribution is 0.0564. The number of aromatic nitrogens is 25. The van der Waals surface area contributed by atoms with Gasteiger partial charge in [0.05, 0.1) is 117 Å². The van der Waals surface area contributed by atoms with Gasteiger partial charge in [0.25, 0.3) is 0 Å². The number of ether oxygens (including phenoxy) is 1. The number of carbonyl (C=O) groups is 2. The van der Waals surface area contributed by atoms with Gasteiger partial charge in [-0.2, -0.15) is 41.9 Å². The van der Waals surface area contributed by atoms with Crippen molar-refractivity contribution in [3.63, 3.8) is 0 Å². The number of hydrogen-bond donors (Lipinski definition) is 10. The first-order valence-electron chi connectivity index (χ1n) is 37.7. The molecule has 0 spiro atoms. The number of anilines is 11. The van der Waals surface area contributed by atoms with Crippen LogP contribution in [0.4, 0.5) is 77.3 Å². The molecular weight excluding hydrogens is 1610 g/mol. The van der Waals surface area contributed by atoms with E-state index in [1.807, 2.05) is 82.2 Å². The van der Waals surface area contributed by atoms with Crippen molar-refractivity contribution in [2.45, 2.75) is 19.3 Å². The maximum atomic E-state index is 12.9. The molecule has 16 heterocycles. The number of nitrogens with two attached hydrogens (primary N) is 7. The van der Waals surface area contributed by atoms with Gasteiger partial charge in [0, 0.05) is 72.3 Å². The molecular formula is C80H73ClFN37O3S. The first-order chi connectivity index (χ1) is 60.0. The molecule has 0 bridgehead atoms. The van der Waals surface area contributed by atoms with E-state index in [0.29, 0.717) is 134 Å². The second-order valence-electron chi connectivity index (χ2n) is 27.0. The summed E-state index contributed by atoms with van der Waals surface area (Å²) in [6.45, 7) is 4.60. The van der Waals surface area contributed by atoms with Gasteiger partial charge in [-0.25, -0.2) is 107 Å². The third-order valence-corrected chi connectivity index (χ3v) is 20.0. The van der Waals surface area contributed by atoms with E-state index in [1.165, 1.54) is 87.2 Å². The van der Waals surface area contributed by atoms with Crippen molar-refractivity contribution in [1.82, 2.24) is 128 Å². The molecule has 21 rings (SSSR count). The Hall–Kier alpha value is -16.6. The summed E-state index contributed by atoms with van der Waals surface area (Å²) in [6.07, 6.45) is 23.9. The molecule has 616 valence electrons. The van der Waals surface area contributed by atoms with E-state index in [0.717, 1.165) is 69.0 Å². The molecule has 0 saturated carbocycles. The minimum absolute atomic E-state index is 0.124. The van der Waals surface area contributed by atoms with Crippen molar-refractivity contribution in [1.29, 1.82) is 0 Å². The van der Waals surface area contributed by atoms with E-state index in [1.54, 1.807) is 113 Å². The molecule has 40 nitrogen and oxygen atoms in total. The third kappa shape index (κ3) is 18.3. The summed E-state index contributed by atoms with van der Waals surface area (Å²) in [6, 6.07) is 40.7. The molecule has 14 aromatic heterocycles. The van der Waals surface area contributed by atoms with E-state index in [4.69, 9.17) is 56.5 Å². The van der Waals surface area contributed by atoms with Crippen LogP contribution < -0.4 is 61.0 Å². The fraction of sp³-hybridized carbons (Fsp3) is 0.113. The lowest BCUT2D eigenvalue weighted by atomic mass is 10.1. The summed E-state index contributed by atoms with van der Waals surface area (Å²) in [4.78, 5) is 81.3. The summed E-state index contributed by atoms with van der Waals surface area (Å²) in [5.74, 6) is 2.12. The number of morpholine rings is 1. The summed E-state index contributed by atoms with van der Waals surface area (Å²) in [7, 11) is 0. The molecule has 17 N–H and O–H groups in total. The van der Waals surface area contributed by atoms with E-state index >= 15 is 0 Å². The van der Waals surface area contributed by atoms with Gasteiger partial charge < -0.3 is 70.6 Å². The maximum Gasteiger partial charge on any atom is 0.323 e. The molecule has 2 aliphatic rings. The van der Waals surface area contributed by atoms with Gasteiger partial charge in [-0.1, -0.05) is 29.8 Å². The minimum Gasteiger partial charge on any atom is -0.399 e. The number of piperidine rings is 1. The highest BCUT2D eigenvalue weighted by molar-refractivity contribution is 7.08. The first kappa shape index (κ1) is 80.2. The number of hydrogen-bond acceptors (Lipinski definition) is 31. The average Bonchev–Trinajstić information content (AvgIpc) is 1.69. The van der Waals surface area contributed by atoms with Gasteiger partial charge in [-0.15, -0.1) is 0 Å². The van der Waals surface area contributed by atoms with Crippen molar-refractivity contribution in [2.24, 2.45) is 0 Å². The summed E-state index contributed by atoms with van der Waals surface area (Å²) >= 11 is 7.45. The smallest absolute Gasteiger partial charge is 0.323 e. The first-order valence-corrected chi connectivity index (χ1v) is 39.0. The maximum absolute atomic E-state index is 12.9. The molecule has 2 aliphatic heterocycles. The molecule has 4 amide bonds. The van der Waals surface area contributed by atoms with Crippen LogP contribution in [-0.4, -0.2) is 180 Å². The fourth-order valence-electron chi connectivity index (χ4n) is 13.0. The van der Waals surface area contributed by atoms with E-state index in [2.05, 4.69) is 134 Å². The number of carbonyl (C=O) groups excluding carboxylic acids is 2. The quantitative estimate of drug-likeness (QED) is 0.0449. The lowest BCUT2D eigenvalue weighted by Crippen LogP contribution is -2.43. The van der Waals surface area contributed by atoms with Crippen molar-refractivity contribution < 1.29 is 18.7 Å². The predicted octanol–water partition coefficient (Wildman–Crippen LogP) is 10.7. The van der Waals surface area contributed by atoms with Crippen LogP contribution in [0.2, 0.25) is 5.15 Å². The molecule has 2 fully saturated rings. The topological polar surface area (TPSA) is 543 Å². The zero-order chi connectivity index (χ0) is 84.9. The number of fused-ring (bicyclic) bond motifs is 6. The monoisotopic (exact) mass is 1690 g/mol. The van der Waals surface area contributed by atoms with Crippen molar-refractivity contribution in [2.75, 3.05) is 100 Å². The van der Waals surface area contributed by atoms with Gasteiger partial charge >= 0.3 is 12.1 Å². The van der Waals surface area contributed by atoms with Crippen LogP contribution in [0.5, 0.6) is 0 Å². The zero-order valence-electron chi connectivity index (χ0n) is 64.8. The Morgan fingerprint density at radius 3 is 1.21 bits per heavy atom. The number of nitrogens with zero attached hydrogens (tertiary/aromatic N) is 27. The molecule has 0 unspecified atom stereocenters. The normalized spacial score (nSPS) is 12.4. The number of amides is 4. The molecule has 2 saturated heterocycles. The Balaban J connectivity index is 0.000000111. The Morgan fingerprint density at radius 2 is 0.764 bits per heavy atom. The van der Waals surface area contributed by atoms with Crippen molar-refractivity contribution in [3.05, 3.63) is 243 Å². The second-order valence-corrected chi connectivity index (χ2v) is 28.2. The lowest BCUT2D eigenvalue weighted by Gasteiger charge is -2.29. The van der Waals surface area contributed by atoms with Gasteiger partial charge in [-0.05, 0) is 140 Å². The molecule has 0 aliphatic carbocycles. The van der Waals surface area contributed by atoms with Crippen molar-refractivity contribution in [3.8, 4) is 34.1 Å². The number of rotatable bonds is 10. The number of urea groups is 2. The van der Waals surface area contributed by atoms with Gasteiger partial charge in [-0.3, -0.25) is 0 Å². The summed E-state index contributed by atoms with van der Waals surface area (Å²) in [5.41, 5.74) is 53.3. The van der Waals surface area contributed by atoms with Crippen LogP contribution in [0, 0.1) is 5.82 Å². The van der Waals surface area contributed by atoms with E-state index < -0.39 is 6.03 Å². The molecule has 0 radical (unpaired) electrons. The third-order valence-electron chi connectivity index (χ3n) is 19.1. The molecule has 5 aromatic carbocycles. The number of thiophene rings is 1. The van der Waals surface area contributed by atoms with Crippen LogP contribution in [0.3, 0.4) is 0 Å². The van der Waals surface area contributed by atoms with Crippen LogP contribution in [0.15, 0.2) is 232 Å². The SMILES string of the molecule is Nc1cccc(-n2ncc3c(N)ncnc32)c1.Nc1ncnc2c1cnn2-c1ccc(NC(=O)N2CCOCC2)cc1.Nc1ncnc2c1cnn2-c1cccc(N2CCCCC2)c1.Nc1ncnc2c1cnn2-c1cccc(NC(=O)Nc2ccc(F)cc2)c1.Nc1ncnc2c1cnn2-c1ccnc(Cl)c1.Nc1ncnc2c1cnn2-c1ccsc1. The molecule has 0 atom stereocenters. The molecule has 19 aromatic rings. The Labute approximate surface area is 704 Å². The number of halogens is 2. The second kappa shape index (κ2) is 36.5. The minimum atomic E-state index is -0.448. The zero-order valence-corrected chi connectivity index (χ0v) is 66.4. The Bertz CT molecular complexity index is 6810. The summed E-state index contributed by atoms with van der Waals surface area (Å²) in [5, 5.41) is 42.7. The van der Waals surface area contributed by atoms with Crippen LogP contribution >= 0.6 is 22.9 Å². The largest absolute Gasteiger partial charge is 0.399 e.